The maximum atomic E-state index is 3.75. The first kappa shape index (κ1) is 16.0. The average Bonchev–Trinajstić information content (AvgIpc) is 3.01. The quantitative estimate of drug-likeness (QED) is 0.818. The Balaban J connectivity index is 1.96. The molecule has 2 unspecified atom stereocenters. The third-order valence-electron chi connectivity index (χ3n) is 4.80. The molecule has 0 aliphatic heterocycles. The molecule has 2 nitrogen and oxygen atoms in total. The molecule has 0 amide bonds. The monoisotopic (exact) mass is 294 g/mol. The van der Waals surface area contributed by atoms with Crippen molar-refractivity contribution >= 4 is 11.3 Å². The Morgan fingerprint density at radius 3 is 2.80 bits per heavy atom. The standard InChI is InChI=1S/C17H30N2S/c1-5-18-16-14(9-10-17(16,3)4)12-19(6-2)13-15-8-7-11-20-15/h7-8,11,14,16,18H,5-6,9-10,12-13H2,1-4H3. The number of hydrogen-bond donors (Lipinski definition) is 1. The van der Waals surface area contributed by atoms with Crippen LogP contribution in [0.3, 0.4) is 0 Å². The maximum absolute atomic E-state index is 3.75. The van der Waals surface area contributed by atoms with Crippen molar-refractivity contribution < 1.29 is 0 Å². The summed E-state index contributed by atoms with van der Waals surface area (Å²) in [6.45, 7) is 13.9. The first-order valence-electron chi connectivity index (χ1n) is 8.05. The molecule has 0 spiro atoms. The van der Waals surface area contributed by atoms with E-state index < -0.39 is 0 Å². The lowest BCUT2D eigenvalue weighted by atomic mass is 9.84. The second-order valence-corrected chi connectivity index (χ2v) is 7.76. The smallest absolute Gasteiger partial charge is 0.0327 e. The van der Waals surface area contributed by atoms with E-state index in [1.54, 1.807) is 0 Å². The van der Waals surface area contributed by atoms with Crippen molar-refractivity contribution in [1.29, 1.82) is 0 Å². The lowest BCUT2D eigenvalue weighted by Gasteiger charge is -2.34. The van der Waals surface area contributed by atoms with E-state index in [0.717, 1.165) is 25.6 Å². The van der Waals surface area contributed by atoms with Crippen LogP contribution in [0, 0.1) is 11.3 Å². The lowest BCUT2D eigenvalue weighted by Crippen LogP contribution is -2.45. The van der Waals surface area contributed by atoms with Gasteiger partial charge in [0.05, 0.1) is 0 Å². The Morgan fingerprint density at radius 2 is 2.20 bits per heavy atom. The highest BCUT2D eigenvalue weighted by Crippen LogP contribution is 2.41. The minimum atomic E-state index is 0.447. The molecule has 0 bridgehead atoms. The van der Waals surface area contributed by atoms with E-state index in [1.807, 2.05) is 11.3 Å². The van der Waals surface area contributed by atoms with Gasteiger partial charge in [0.2, 0.25) is 0 Å². The minimum absolute atomic E-state index is 0.447. The summed E-state index contributed by atoms with van der Waals surface area (Å²) >= 11 is 1.88. The summed E-state index contributed by atoms with van der Waals surface area (Å²) in [4.78, 5) is 4.10. The van der Waals surface area contributed by atoms with E-state index in [2.05, 4.69) is 55.4 Å². The number of hydrogen-bond acceptors (Lipinski definition) is 3. The highest BCUT2D eigenvalue weighted by Gasteiger charge is 2.41. The van der Waals surface area contributed by atoms with Crippen molar-refractivity contribution in [1.82, 2.24) is 10.2 Å². The van der Waals surface area contributed by atoms with E-state index in [9.17, 15) is 0 Å². The summed E-state index contributed by atoms with van der Waals surface area (Å²) in [5.74, 6) is 0.796. The highest BCUT2D eigenvalue weighted by molar-refractivity contribution is 7.09. The molecule has 1 aromatic rings. The summed E-state index contributed by atoms with van der Waals surface area (Å²) in [7, 11) is 0. The van der Waals surface area contributed by atoms with Gasteiger partial charge in [0.25, 0.3) is 0 Å². The highest BCUT2D eigenvalue weighted by atomic mass is 32.1. The SMILES string of the molecule is CCNC1C(CN(CC)Cc2cccs2)CCC1(C)C. The fraction of sp³-hybridized carbons (Fsp3) is 0.765. The Hall–Kier alpha value is -0.380. The maximum Gasteiger partial charge on any atom is 0.0327 e. The van der Waals surface area contributed by atoms with Crippen molar-refractivity contribution in [3.63, 3.8) is 0 Å². The molecular formula is C17H30N2S. The topological polar surface area (TPSA) is 15.3 Å². The van der Waals surface area contributed by atoms with Crippen LogP contribution in [0.25, 0.3) is 0 Å². The molecule has 2 rings (SSSR count). The molecule has 1 fully saturated rings. The van der Waals surface area contributed by atoms with Gasteiger partial charge in [-0.15, -0.1) is 11.3 Å². The van der Waals surface area contributed by atoms with Gasteiger partial charge in [0.1, 0.15) is 0 Å². The van der Waals surface area contributed by atoms with Gasteiger partial charge in [-0.1, -0.05) is 33.8 Å². The molecule has 1 N–H and O–H groups in total. The molecule has 0 radical (unpaired) electrons. The largest absolute Gasteiger partial charge is 0.313 e. The summed E-state index contributed by atoms with van der Waals surface area (Å²) in [5.41, 5.74) is 0.447. The molecule has 3 heteroatoms. The molecule has 1 aliphatic rings. The van der Waals surface area contributed by atoms with Crippen molar-refractivity contribution in [2.45, 2.75) is 53.1 Å². The predicted molar refractivity (Wildman–Crippen MR) is 89.2 cm³/mol. The fourth-order valence-corrected chi connectivity index (χ4v) is 4.38. The fourth-order valence-electron chi connectivity index (χ4n) is 3.64. The zero-order valence-electron chi connectivity index (χ0n) is 13.5. The van der Waals surface area contributed by atoms with Crippen LogP contribution in [-0.2, 0) is 6.54 Å². The summed E-state index contributed by atoms with van der Waals surface area (Å²) in [6, 6.07) is 5.09. The Morgan fingerprint density at radius 1 is 1.40 bits per heavy atom. The van der Waals surface area contributed by atoms with E-state index in [4.69, 9.17) is 0 Å². The van der Waals surface area contributed by atoms with E-state index >= 15 is 0 Å². The number of rotatable bonds is 7. The number of nitrogens with zero attached hydrogens (tertiary/aromatic N) is 1. The second-order valence-electron chi connectivity index (χ2n) is 6.73. The van der Waals surface area contributed by atoms with Crippen LogP contribution in [-0.4, -0.2) is 30.6 Å². The van der Waals surface area contributed by atoms with Crippen molar-refractivity contribution in [3.8, 4) is 0 Å². The summed E-state index contributed by atoms with van der Waals surface area (Å²) in [5, 5.41) is 5.93. The first-order chi connectivity index (χ1) is 9.56. The third kappa shape index (κ3) is 3.84. The first-order valence-corrected chi connectivity index (χ1v) is 8.93. The van der Waals surface area contributed by atoms with E-state index in [-0.39, 0.29) is 0 Å². The van der Waals surface area contributed by atoms with Gasteiger partial charge < -0.3 is 5.32 Å². The van der Waals surface area contributed by atoms with Crippen LogP contribution >= 0.6 is 11.3 Å². The molecule has 2 atom stereocenters. The van der Waals surface area contributed by atoms with Crippen LogP contribution < -0.4 is 5.32 Å². The predicted octanol–water partition coefficient (Wildman–Crippen LogP) is 3.98. The lowest BCUT2D eigenvalue weighted by molar-refractivity contribution is 0.186. The zero-order valence-corrected chi connectivity index (χ0v) is 14.3. The zero-order chi connectivity index (χ0) is 14.6. The molecule has 0 aromatic carbocycles. The van der Waals surface area contributed by atoms with Crippen molar-refractivity contribution in [2.75, 3.05) is 19.6 Å². The molecule has 1 aliphatic carbocycles. The van der Waals surface area contributed by atoms with E-state index in [0.29, 0.717) is 11.5 Å². The molecular weight excluding hydrogens is 264 g/mol. The molecule has 1 saturated carbocycles. The number of thiophene rings is 1. The molecule has 114 valence electrons. The Kier molecular flexibility index (Phi) is 5.65. The minimum Gasteiger partial charge on any atom is -0.313 e. The van der Waals surface area contributed by atoms with Gasteiger partial charge in [0, 0.05) is 24.0 Å². The van der Waals surface area contributed by atoms with Gasteiger partial charge >= 0.3 is 0 Å². The summed E-state index contributed by atoms with van der Waals surface area (Å²) < 4.78 is 0. The molecule has 1 aromatic heterocycles. The molecule has 1 heterocycles. The Bertz CT molecular complexity index is 386. The van der Waals surface area contributed by atoms with Crippen LogP contribution in [0.15, 0.2) is 17.5 Å². The average molecular weight is 295 g/mol. The van der Waals surface area contributed by atoms with Gasteiger partial charge in [-0.2, -0.15) is 0 Å². The van der Waals surface area contributed by atoms with Crippen LogP contribution in [0.5, 0.6) is 0 Å². The molecule has 20 heavy (non-hydrogen) atoms. The van der Waals surface area contributed by atoms with Crippen LogP contribution in [0.4, 0.5) is 0 Å². The van der Waals surface area contributed by atoms with Gasteiger partial charge in [-0.3, -0.25) is 4.90 Å². The van der Waals surface area contributed by atoms with Gasteiger partial charge in [-0.25, -0.2) is 0 Å². The van der Waals surface area contributed by atoms with Crippen LogP contribution in [0.1, 0.15) is 45.4 Å². The summed E-state index contributed by atoms with van der Waals surface area (Å²) in [6.07, 6.45) is 2.72. The third-order valence-corrected chi connectivity index (χ3v) is 5.66. The molecule has 0 saturated heterocycles. The van der Waals surface area contributed by atoms with Gasteiger partial charge in [-0.05, 0) is 48.7 Å². The normalized spacial score (nSPS) is 25.4. The van der Waals surface area contributed by atoms with Crippen molar-refractivity contribution in [2.24, 2.45) is 11.3 Å². The van der Waals surface area contributed by atoms with Gasteiger partial charge in [0.15, 0.2) is 0 Å². The number of nitrogens with one attached hydrogen (secondary N) is 1. The second kappa shape index (κ2) is 7.06. The van der Waals surface area contributed by atoms with E-state index in [1.165, 1.54) is 24.3 Å². The Labute approximate surface area is 128 Å². The van der Waals surface area contributed by atoms with Crippen LogP contribution in [0.2, 0.25) is 0 Å². The van der Waals surface area contributed by atoms with Crippen molar-refractivity contribution in [3.05, 3.63) is 22.4 Å².